The van der Waals surface area contributed by atoms with Gasteiger partial charge in [-0.05, 0) is 19.3 Å². The maximum Gasteiger partial charge on any atom is 0.326 e. The molecule has 0 spiro atoms. The van der Waals surface area contributed by atoms with Crippen molar-refractivity contribution in [2.75, 3.05) is 13.2 Å². The number of hydrogen-bond acceptors (Lipinski definition) is 3. The second-order valence-electron chi connectivity index (χ2n) is 4.18. The van der Waals surface area contributed by atoms with E-state index in [1.165, 1.54) is 0 Å². The van der Waals surface area contributed by atoms with E-state index in [1.807, 2.05) is 6.92 Å². The van der Waals surface area contributed by atoms with Gasteiger partial charge in [-0.25, -0.2) is 9.59 Å². The summed E-state index contributed by atoms with van der Waals surface area (Å²) in [5, 5.41) is 14.1. The Kier molecular flexibility index (Phi) is 5.76. The first-order valence-corrected chi connectivity index (χ1v) is 6.01. The van der Waals surface area contributed by atoms with Crippen LogP contribution >= 0.6 is 0 Å². The molecule has 98 valence electrons. The second-order valence-corrected chi connectivity index (χ2v) is 4.18. The molecule has 0 saturated carbocycles. The van der Waals surface area contributed by atoms with Crippen LogP contribution in [-0.2, 0) is 9.53 Å². The van der Waals surface area contributed by atoms with E-state index in [-0.39, 0.29) is 6.04 Å². The van der Waals surface area contributed by atoms with Crippen molar-refractivity contribution in [1.82, 2.24) is 10.6 Å². The zero-order valence-electron chi connectivity index (χ0n) is 10.1. The van der Waals surface area contributed by atoms with Crippen LogP contribution in [0.3, 0.4) is 0 Å². The Hall–Kier alpha value is -1.30. The molecule has 0 aromatic carbocycles. The summed E-state index contributed by atoms with van der Waals surface area (Å²) in [6, 6.07) is -1.13. The van der Waals surface area contributed by atoms with Gasteiger partial charge >= 0.3 is 12.0 Å². The molecule has 1 aliphatic rings. The first kappa shape index (κ1) is 13.8. The fraction of sp³-hybridized carbons (Fsp3) is 0.818. The van der Waals surface area contributed by atoms with E-state index in [9.17, 15) is 9.59 Å². The minimum atomic E-state index is -0.992. The van der Waals surface area contributed by atoms with E-state index in [0.29, 0.717) is 26.1 Å². The van der Waals surface area contributed by atoms with Gasteiger partial charge in [0.05, 0.1) is 0 Å². The lowest BCUT2D eigenvalue weighted by Gasteiger charge is -2.24. The standard InChI is InChI=1S/C11H20N2O4/c1-2-3-9(10(14)15)13-11(16)12-8-4-6-17-7-5-8/h8-9H,2-7H2,1H3,(H,14,15)(H2,12,13,16). The molecule has 0 aromatic rings. The van der Waals surface area contributed by atoms with Gasteiger partial charge in [-0.15, -0.1) is 0 Å². The van der Waals surface area contributed by atoms with Crippen molar-refractivity contribution in [3.05, 3.63) is 0 Å². The molecule has 3 N–H and O–H groups in total. The molecule has 6 nitrogen and oxygen atoms in total. The molecule has 0 bridgehead atoms. The van der Waals surface area contributed by atoms with Crippen molar-refractivity contribution >= 4 is 12.0 Å². The van der Waals surface area contributed by atoms with Crippen molar-refractivity contribution in [2.24, 2.45) is 0 Å². The first-order chi connectivity index (χ1) is 8.13. The van der Waals surface area contributed by atoms with Gasteiger partial charge in [0.25, 0.3) is 0 Å². The van der Waals surface area contributed by atoms with Gasteiger partial charge in [0.2, 0.25) is 0 Å². The van der Waals surface area contributed by atoms with Crippen LogP contribution in [0.15, 0.2) is 0 Å². The molecule has 1 unspecified atom stereocenters. The summed E-state index contributed by atoms with van der Waals surface area (Å²) in [4.78, 5) is 22.4. The third-order valence-corrected chi connectivity index (χ3v) is 2.74. The quantitative estimate of drug-likeness (QED) is 0.665. The molecule has 1 fully saturated rings. The summed E-state index contributed by atoms with van der Waals surface area (Å²) in [6.45, 7) is 3.17. The molecule has 1 atom stereocenters. The summed E-state index contributed by atoms with van der Waals surface area (Å²) in [5.74, 6) is -0.992. The number of amides is 2. The predicted octanol–water partition coefficient (Wildman–Crippen LogP) is 0.718. The van der Waals surface area contributed by atoms with Gasteiger partial charge in [0.15, 0.2) is 0 Å². The van der Waals surface area contributed by atoms with Crippen LogP contribution in [0, 0.1) is 0 Å². The van der Waals surface area contributed by atoms with Gasteiger partial charge in [0.1, 0.15) is 6.04 Å². The number of urea groups is 1. The average Bonchev–Trinajstić information content (AvgIpc) is 2.29. The highest BCUT2D eigenvalue weighted by molar-refractivity contribution is 5.82. The molecule has 1 aliphatic heterocycles. The number of carboxylic acids is 1. The lowest BCUT2D eigenvalue weighted by molar-refractivity contribution is -0.139. The van der Waals surface area contributed by atoms with Crippen molar-refractivity contribution < 1.29 is 19.4 Å². The lowest BCUT2D eigenvalue weighted by atomic mass is 10.1. The molecule has 2 amide bonds. The SMILES string of the molecule is CCCC(NC(=O)NC1CCOCC1)C(=O)O. The summed E-state index contributed by atoms with van der Waals surface area (Å²) in [6.07, 6.45) is 2.71. The van der Waals surface area contributed by atoms with E-state index in [0.717, 1.165) is 12.8 Å². The van der Waals surface area contributed by atoms with Crippen molar-refractivity contribution in [3.63, 3.8) is 0 Å². The molecular weight excluding hydrogens is 224 g/mol. The summed E-state index contributed by atoms with van der Waals surface area (Å²) in [7, 11) is 0. The van der Waals surface area contributed by atoms with E-state index < -0.39 is 18.0 Å². The molecule has 1 heterocycles. The Labute approximate surface area is 101 Å². The average molecular weight is 244 g/mol. The lowest BCUT2D eigenvalue weighted by Crippen LogP contribution is -2.50. The molecule has 0 radical (unpaired) electrons. The van der Waals surface area contributed by atoms with Crippen LogP contribution in [0.4, 0.5) is 4.79 Å². The monoisotopic (exact) mass is 244 g/mol. The minimum absolute atomic E-state index is 0.0832. The van der Waals surface area contributed by atoms with Crippen LogP contribution in [0.25, 0.3) is 0 Å². The van der Waals surface area contributed by atoms with Gasteiger partial charge < -0.3 is 20.5 Å². The Morgan fingerprint density at radius 3 is 2.59 bits per heavy atom. The van der Waals surface area contributed by atoms with Crippen molar-refractivity contribution in [3.8, 4) is 0 Å². The zero-order valence-corrected chi connectivity index (χ0v) is 10.1. The van der Waals surface area contributed by atoms with E-state index >= 15 is 0 Å². The van der Waals surface area contributed by atoms with Crippen LogP contribution in [0.2, 0.25) is 0 Å². The Morgan fingerprint density at radius 2 is 2.06 bits per heavy atom. The molecule has 0 aliphatic carbocycles. The molecular formula is C11H20N2O4. The van der Waals surface area contributed by atoms with Crippen LogP contribution < -0.4 is 10.6 Å². The van der Waals surface area contributed by atoms with Gasteiger partial charge in [0, 0.05) is 19.3 Å². The van der Waals surface area contributed by atoms with Gasteiger partial charge in [-0.2, -0.15) is 0 Å². The highest BCUT2D eigenvalue weighted by Gasteiger charge is 2.21. The number of aliphatic carboxylic acids is 1. The fourth-order valence-electron chi connectivity index (χ4n) is 1.77. The fourth-order valence-corrected chi connectivity index (χ4v) is 1.77. The molecule has 0 aromatic heterocycles. The normalized spacial score (nSPS) is 18.4. The number of ether oxygens (including phenoxy) is 1. The van der Waals surface area contributed by atoms with Crippen LogP contribution in [-0.4, -0.2) is 42.4 Å². The van der Waals surface area contributed by atoms with Gasteiger partial charge in [-0.1, -0.05) is 13.3 Å². The number of nitrogens with one attached hydrogen (secondary N) is 2. The van der Waals surface area contributed by atoms with E-state index in [2.05, 4.69) is 10.6 Å². The molecule has 6 heteroatoms. The number of carboxylic acid groups (broad SMARTS) is 1. The highest BCUT2D eigenvalue weighted by Crippen LogP contribution is 2.06. The predicted molar refractivity (Wildman–Crippen MR) is 61.8 cm³/mol. The van der Waals surface area contributed by atoms with Gasteiger partial charge in [-0.3, -0.25) is 0 Å². The minimum Gasteiger partial charge on any atom is -0.480 e. The number of rotatable bonds is 5. The van der Waals surface area contributed by atoms with Crippen molar-refractivity contribution in [1.29, 1.82) is 0 Å². The Balaban J connectivity index is 2.33. The van der Waals surface area contributed by atoms with Crippen LogP contribution in [0.5, 0.6) is 0 Å². The van der Waals surface area contributed by atoms with Crippen LogP contribution in [0.1, 0.15) is 32.6 Å². The third kappa shape index (κ3) is 5.04. The van der Waals surface area contributed by atoms with E-state index in [4.69, 9.17) is 9.84 Å². The third-order valence-electron chi connectivity index (χ3n) is 2.74. The Morgan fingerprint density at radius 1 is 1.41 bits per heavy atom. The topological polar surface area (TPSA) is 87.7 Å². The largest absolute Gasteiger partial charge is 0.480 e. The molecule has 17 heavy (non-hydrogen) atoms. The summed E-state index contributed by atoms with van der Waals surface area (Å²) < 4.78 is 5.17. The van der Waals surface area contributed by atoms with Crippen molar-refractivity contribution in [2.45, 2.75) is 44.7 Å². The maximum atomic E-state index is 11.6. The smallest absolute Gasteiger partial charge is 0.326 e. The van der Waals surface area contributed by atoms with E-state index in [1.54, 1.807) is 0 Å². The number of carbonyl (C=O) groups excluding carboxylic acids is 1. The molecule has 1 rings (SSSR count). The second kappa shape index (κ2) is 7.11. The maximum absolute atomic E-state index is 11.6. The Bertz CT molecular complexity index is 264. The zero-order chi connectivity index (χ0) is 12.7. The first-order valence-electron chi connectivity index (χ1n) is 6.01. The number of carbonyl (C=O) groups is 2. The highest BCUT2D eigenvalue weighted by atomic mass is 16.5. The summed E-state index contributed by atoms with van der Waals surface area (Å²) >= 11 is 0. The summed E-state index contributed by atoms with van der Waals surface area (Å²) in [5.41, 5.74) is 0. The number of hydrogen-bond donors (Lipinski definition) is 3. The molecule has 1 saturated heterocycles.